The van der Waals surface area contributed by atoms with Gasteiger partial charge in [-0.15, -0.1) is 0 Å². The van der Waals surface area contributed by atoms with Gasteiger partial charge in [-0.25, -0.2) is 0 Å². The van der Waals surface area contributed by atoms with E-state index in [1.807, 2.05) is 0 Å². The second-order valence-corrected chi connectivity index (χ2v) is 6.40. The standard InChI is InChI=1S/C12H23NO/c1-11(2,3)6-7-13-8-12(14,9-13)10-4-5-10/h10,14H,4-9H2,1-3H3. The fraction of sp³-hybridized carbons (Fsp3) is 1.00. The lowest BCUT2D eigenvalue weighted by Crippen LogP contribution is -2.63. The molecule has 0 bridgehead atoms. The lowest BCUT2D eigenvalue weighted by Gasteiger charge is -2.47. The summed E-state index contributed by atoms with van der Waals surface area (Å²) >= 11 is 0. The van der Waals surface area contributed by atoms with Crippen LogP contribution in [0.4, 0.5) is 0 Å². The Hall–Kier alpha value is -0.0800. The molecule has 2 rings (SSSR count). The van der Waals surface area contributed by atoms with Gasteiger partial charge in [0.15, 0.2) is 0 Å². The molecule has 2 fully saturated rings. The first-order valence-electron chi connectivity index (χ1n) is 5.84. The number of likely N-dealkylation sites (tertiary alicyclic amines) is 1. The van der Waals surface area contributed by atoms with Crippen molar-refractivity contribution in [3.05, 3.63) is 0 Å². The number of hydrogen-bond donors (Lipinski definition) is 1. The van der Waals surface area contributed by atoms with Gasteiger partial charge in [-0.3, -0.25) is 4.90 Å². The predicted octanol–water partition coefficient (Wildman–Crippen LogP) is 1.88. The third-order valence-electron chi connectivity index (χ3n) is 3.51. The van der Waals surface area contributed by atoms with E-state index in [1.165, 1.54) is 19.3 Å². The number of hydrogen-bond acceptors (Lipinski definition) is 2. The molecule has 0 amide bonds. The van der Waals surface area contributed by atoms with Gasteiger partial charge < -0.3 is 5.11 Å². The lowest BCUT2D eigenvalue weighted by molar-refractivity contribution is -0.115. The monoisotopic (exact) mass is 197 g/mol. The van der Waals surface area contributed by atoms with E-state index in [-0.39, 0.29) is 5.60 Å². The topological polar surface area (TPSA) is 23.5 Å². The van der Waals surface area contributed by atoms with Crippen LogP contribution in [0.1, 0.15) is 40.0 Å². The van der Waals surface area contributed by atoms with Gasteiger partial charge >= 0.3 is 0 Å². The maximum atomic E-state index is 10.1. The molecule has 1 N–H and O–H groups in total. The number of nitrogens with zero attached hydrogens (tertiary/aromatic N) is 1. The van der Waals surface area contributed by atoms with Crippen LogP contribution >= 0.6 is 0 Å². The summed E-state index contributed by atoms with van der Waals surface area (Å²) in [6.45, 7) is 9.83. The zero-order valence-electron chi connectivity index (χ0n) is 9.71. The second kappa shape index (κ2) is 3.21. The Morgan fingerprint density at radius 2 is 1.86 bits per heavy atom. The molecular formula is C12H23NO. The Morgan fingerprint density at radius 1 is 1.29 bits per heavy atom. The van der Waals surface area contributed by atoms with Crippen molar-refractivity contribution in [1.29, 1.82) is 0 Å². The Labute approximate surface area is 87.3 Å². The Morgan fingerprint density at radius 3 is 2.29 bits per heavy atom. The molecular weight excluding hydrogens is 174 g/mol. The van der Waals surface area contributed by atoms with Crippen LogP contribution in [0.2, 0.25) is 0 Å². The molecule has 0 aromatic carbocycles. The van der Waals surface area contributed by atoms with Gasteiger partial charge in [0, 0.05) is 13.1 Å². The zero-order valence-corrected chi connectivity index (χ0v) is 9.71. The lowest BCUT2D eigenvalue weighted by atomic mass is 9.86. The van der Waals surface area contributed by atoms with E-state index in [1.54, 1.807) is 0 Å². The van der Waals surface area contributed by atoms with E-state index in [2.05, 4.69) is 25.7 Å². The van der Waals surface area contributed by atoms with E-state index in [0.29, 0.717) is 11.3 Å². The quantitative estimate of drug-likeness (QED) is 0.746. The molecule has 0 aromatic heterocycles. The van der Waals surface area contributed by atoms with Gasteiger partial charge in [-0.05, 0) is 37.1 Å². The maximum Gasteiger partial charge on any atom is 0.0928 e. The zero-order chi connectivity index (χ0) is 10.4. The first kappa shape index (κ1) is 10.4. The molecule has 1 aliphatic carbocycles. The molecule has 82 valence electrons. The maximum absolute atomic E-state index is 10.1. The van der Waals surface area contributed by atoms with Crippen LogP contribution in [0.15, 0.2) is 0 Å². The summed E-state index contributed by atoms with van der Waals surface area (Å²) in [6, 6.07) is 0. The van der Waals surface area contributed by atoms with Crippen LogP contribution in [-0.4, -0.2) is 35.2 Å². The van der Waals surface area contributed by atoms with E-state index in [9.17, 15) is 5.11 Å². The minimum absolute atomic E-state index is 0.294. The molecule has 14 heavy (non-hydrogen) atoms. The average Bonchev–Trinajstić information content (AvgIpc) is 2.75. The number of β-amino-alcohol motifs (C(OH)–C–C–N with tert-alkyl or cyclic N) is 1. The molecule has 0 unspecified atom stereocenters. The normalized spacial score (nSPS) is 27.4. The summed E-state index contributed by atoms with van der Waals surface area (Å²) < 4.78 is 0. The van der Waals surface area contributed by atoms with Gasteiger partial charge in [0.05, 0.1) is 5.60 Å². The summed E-state index contributed by atoms with van der Waals surface area (Å²) in [6.07, 6.45) is 3.74. The fourth-order valence-electron chi connectivity index (χ4n) is 2.26. The summed E-state index contributed by atoms with van der Waals surface area (Å²) in [5, 5.41) is 10.1. The SMILES string of the molecule is CC(C)(C)CCN1CC(O)(C2CC2)C1. The molecule has 0 aromatic rings. The van der Waals surface area contributed by atoms with E-state index >= 15 is 0 Å². The predicted molar refractivity (Wildman–Crippen MR) is 58.2 cm³/mol. The summed E-state index contributed by atoms with van der Waals surface area (Å²) in [4.78, 5) is 2.39. The highest BCUT2D eigenvalue weighted by Gasteiger charge is 2.51. The Kier molecular flexibility index (Phi) is 2.39. The van der Waals surface area contributed by atoms with Gasteiger partial charge in [0.1, 0.15) is 0 Å². The molecule has 2 heteroatoms. The Balaban J connectivity index is 1.67. The minimum Gasteiger partial charge on any atom is -0.387 e. The summed E-state index contributed by atoms with van der Waals surface area (Å²) in [5.74, 6) is 0.633. The van der Waals surface area contributed by atoms with Crippen molar-refractivity contribution in [2.75, 3.05) is 19.6 Å². The highest BCUT2D eigenvalue weighted by atomic mass is 16.3. The van der Waals surface area contributed by atoms with Crippen LogP contribution in [0, 0.1) is 11.3 Å². The van der Waals surface area contributed by atoms with Crippen LogP contribution in [0.5, 0.6) is 0 Å². The second-order valence-electron chi connectivity index (χ2n) is 6.40. The van der Waals surface area contributed by atoms with Crippen molar-refractivity contribution < 1.29 is 5.11 Å². The highest BCUT2D eigenvalue weighted by molar-refractivity contribution is 5.05. The third kappa shape index (κ3) is 2.29. The largest absolute Gasteiger partial charge is 0.387 e. The summed E-state index contributed by atoms with van der Waals surface area (Å²) in [7, 11) is 0. The minimum atomic E-state index is -0.294. The molecule has 0 atom stereocenters. The van der Waals surface area contributed by atoms with Crippen LogP contribution in [-0.2, 0) is 0 Å². The smallest absolute Gasteiger partial charge is 0.0928 e. The fourth-order valence-corrected chi connectivity index (χ4v) is 2.26. The Bertz CT molecular complexity index is 209. The van der Waals surface area contributed by atoms with Crippen LogP contribution in [0.3, 0.4) is 0 Å². The first-order valence-corrected chi connectivity index (χ1v) is 5.84. The molecule has 2 aliphatic rings. The van der Waals surface area contributed by atoms with Crippen molar-refractivity contribution in [2.45, 2.75) is 45.6 Å². The van der Waals surface area contributed by atoms with Crippen molar-refractivity contribution in [2.24, 2.45) is 11.3 Å². The van der Waals surface area contributed by atoms with E-state index in [0.717, 1.165) is 19.6 Å². The molecule has 1 saturated heterocycles. The number of rotatable bonds is 3. The van der Waals surface area contributed by atoms with Crippen molar-refractivity contribution in [3.8, 4) is 0 Å². The molecule has 1 saturated carbocycles. The summed E-state index contributed by atoms with van der Waals surface area (Å²) in [5.41, 5.74) is 0.130. The molecule has 2 nitrogen and oxygen atoms in total. The van der Waals surface area contributed by atoms with E-state index < -0.39 is 0 Å². The molecule has 1 heterocycles. The van der Waals surface area contributed by atoms with E-state index in [4.69, 9.17) is 0 Å². The molecule has 0 radical (unpaired) electrons. The molecule has 1 aliphatic heterocycles. The van der Waals surface area contributed by atoms with Crippen molar-refractivity contribution in [1.82, 2.24) is 4.90 Å². The number of aliphatic hydroxyl groups is 1. The van der Waals surface area contributed by atoms with Crippen molar-refractivity contribution >= 4 is 0 Å². The first-order chi connectivity index (χ1) is 6.39. The van der Waals surface area contributed by atoms with Crippen molar-refractivity contribution in [3.63, 3.8) is 0 Å². The van der Waals surface area contributed by atoms with Crippen LogP contribution in [0.25, 0.3) is 0 Å². The van der Waals surface area contributed by atoms with Gasteiger partial charge in [0.25, 0.3) is 0 Å². The average molecular weight is 197 g/mol. The van der Waals surface area contributed by atoms with Gasteiger partial charge in [-0.1, -0.05) is 20.8 Å². The van der Waals surface area contributed by atoms with Crippen LogP contribution < -0.4 is 0 Å². The third-order valence-corrected chi connectivity index (χ3v) is 3.51. The van der Waals surface area contributed by atoms with Gasteiger partial charge in [-0.2, -0.15) is 0 Å². The highest BCUT2D eigenvalue weighted by Crippen LogP contribution is 2.44. The molecule has 0 spiro atoms. The van der Waals surface area contributed by atoms with Gasteiger partial charge in [0.2, 0.25) is 0 Å².